The van der Waals surface area contributed by atoms with Gasteiger partial charge in [-0.05, 0) is 51.8 Å². The van der Waals surface area contributed by atoms with Crippen LogP contribution >= 0.6 is 50.9 Å². The predicted octanol–water partition coefficient (Wildman–Crippen LogP) is 7.69. The highest BCUT2D eigenvalue weighted by atomic mass is 79.9. The standard InChI is InChI=1S/C21H15BrCl2OS/c22-18-13-14(25)9-10-21(18)26-12-11-15(16-5-1-3-7-19(16)23)17-6-2-4-8-20(17)24/h1-11,13,25H,12H2. The summed E-state index contributed by atoms with van der Waals surface area (Å²) in [5, 5.41) is 10.9. The van der Waals surface area contributed by atoms with Crippen molar-refractivity contribution in [2.24, 2.45) is 0 Å². The van der Waals surface area contributed by atoms with Gasteiger partial charge in [-0.25, -0.2) is 0 Å². The lowest BCUT2D eigenvalue weighted by Crippen LogP contribution is -1.92. The van der Waals surface area contributed by atoms with E-state index in [1.807, 2.05) is 54.6 Å². The van der Waals surface area contributed by atoms with Gasteiger partial charge in [0.2, 0.25) is 0 Å². The lowest BCUT2D eigenvalue weighted by Gasteiger charge is -2.12. The van der Waals surface area contributed by atoms with E-state index in [9.17, 15) is 5.11 Å². The Balaban J connectivity index is 1.94. The summed E-state index contributed by atoms with van der Waals surface area (Å²) in [4.78, 5) is 1.05. The number of halogens is 3. The topological polar surface area (TPSA) is 20.2 Å². The van der Waals surface area contributed by atoms with Gasteiger partial charge in [-0.15, -0.1) is 11.8 Å². The van der Waals surface area contributed by atoms with E-state index in [4.69, 9.17) is 23.2 Å². The van der Waals surface area contributed by atoms with Crippen molar-refractivity contribution < 1.29 is 5.11 Å². The molecule has 3 rings (SSSR count). The van der Waals surface area contributed by atoms with Gasteiger partial charge in [0.05, 0.1) is 0 Å². The Hall–Kier alpha value is -1.39. The highest BCUT2D eigenvalue weighted by Crippen LogP contribution is 2.35. The van der Waals surface area contributed by atoms with Crippen LogP contribution in [0.5, 0.6) is 5.75 Å². The zero-order valence-corrected chi connectivity index (χ0v) is 17.5. The van der Waals surface area contributed by atoms with Crippen LogP contribution in [-0.2, 0) is 0 Å². The molecule has 0 bridgehead atoms. The molecule has 0 fully saturated rings. The summed E-state index contributed by atoms with van der Waals surface area (Å²) >= 11 is 18.0. The van der Waals surface area contributed by atoms with E-state index in [-0.39, 0.29) is 5.75 Å². The molecule has 0 atom stereocenters. The van der Waals surface area contributed by atoms with Crippen molar-refractivity contribution in [1.82, 2.24) is 0 Å². The van der Waals surface area contributed by atoms with Crippen molar-refractivity contribution >= 4 is 56.5 Å². The van der Waals surface area contributed by atoms with Crippen molar-refractivity contribution in [2.75, 3.05) is 5.75 Å². The third-order valence-electron chi connectivity index (χ3n) is 3.77. The molecule has 1 N–H and O–H groups in total. The molecule has 5 heteroatoms. The van der Waals surface area contributed by atoms with Crippen molar-refractivity contribution in [3.63, 3.8) is 0 Å². The van der Waals surface area contributed by atoms with E-state index in [1.54, 1.807) is 23.9 Å². The van der Waals surface area contributed by atoms with Crippen molar-refractivity contribution in [1.29, 1.82) is 0 Å². The summed E-state index contributed by atoms with van der Waals surface area (Å²) in [6.07, 6.45) is 2.13. The number of aromatic hydroxyl groups is 1. The number of benzene rings is 3. The highest BCUT2D eigenvalue weighted by molar-refractivity contribution is 9.10. The van der Waals surface area contributed by atoms with Crippen LogP contribution in [0.2, 0.25) is 10.0 Å². The Kier molecular flexibility index (Phi) is 6.71. The van der Waals surface area contributed by atoms with Crippen LogP contribution in [0, 0.1) is 0 Å². The van der Waals surface area contributed by atoms with Gasteiger partial charge in [0, 0.05) is 36.3 Å². The molecular formula is C21H15BrCl2OS. The second kappa shape index (κ2) is 9.01. The van der Waals surface area contributed by atoms with E-state index in [2.05, 4.69) is 22.0 Å². The average Bonchev–Trinajstić information content (AvgIpc) is 2.62. The Morgan fingerprint density at radius 2 is 1.50 bits per heavy atom. The Labute approximate surface area is 175 Å². The van der Waals surface area contributed by atoms with Crippen LogP contribution < -0.4 is 0 Å². The molecule has 0 saturated carbocycles. The lowest BCUT2D eigenvalue weighted by molar-refractivity contribution is 0.474. The molecule has 0 aliphatic heterocycles. The van der Waals surface area contributed by atoms with Crippen LogP contribution in [0.1, 0.15) is 11.1 Å². The molecule has 3 aromatic rings. The van der Waals surface area contributed by atoms with Gasteiger partial charge in [0.25, 0.3) is 0 Å². The number of phenolic OH excluding ortho intramolecular Hbond substituents is 1. The van der Waals surface area contributed by atoms with Crippen LogP contribution in [0.3, 0.4) is 0 Å². The van der Waals surface area contributed by atoms with Crippen molar-refractivity contribution in [3.05, 3.63) is 98.5 Å². The summed E-state index contributed by atoms with van der Waals surface area (Å²) in [5.41, 5.74) is 2.91. The van der Waals surface area contributed by atoms with Gasteiger partial charge in [0.15, 0.2) is 0 Å². The Morgan fingerprint density at radius 3 is 2.04 bits per heavy atom. The SMILES string of the molecule is Oc1ccc(SCC=C(c2ccccc2Cl)c2ccccc2Cl)c(Br)c1. The first-order chi connectivity index (χ1) is 12.6. The first-order valence-corrected chi connectivity index (χ1v) is 10.4. The summed E-state index contributed by atoms with van der Waals surface area (Å²) in [7, 11) is 0. The van der Waals surface area contributed by atoms with Gasteiger partial charge in [-0.3, -0.25) is 0 Å². The van der Waals surface area contributed by atoms with Crippen LogP contribution in [0.25, 0.3) is 5.57 Å². The van der Waals surface area contributed by atoms with Crippen molar-refractivity contribution in [3.8, 4) is 5.75 Å². The quantitative estimate of drug-likeness (QED) is 0.389. The molecule has 0 aliphatic carbocycles. The largest absolute Gasteiger partial charge is 0.508 e. The molecule has 1 nitrogen and oxygen atoms in total. The van der Waals surface area contributed by atoms with Crippen LogP contribution in [0.15, 0.2) is 82.2 Å². The normalized spacial score (nSPS) is 10.6. The molecule has 0 spiro atoms. The molecule has 132 valence electrons. The molecular weight excluding hydrogens is 451 g/mol. The first kappa shape index (κ1) is 19.4. The fourth-order valence-electron chi connectivity index (χ4n) is 2.55. The lowest BCUT2D eigenvalue weighted by atomic mass is 9.98. The van der Waals surface area contributed by atoms with Crippen molar-refractivity contribution in [2.45, 2.75) is 4.90 Å². The maximum atomic E-state index is 9.53. The second-order valence-corrected chi connectivity index (χ2v) is 8.23. The fraction of sp³-hybridized carbons (Fsp3) is 0.0476. The van der Waals surface area contributed by atoms with Gasteiger partial charge in [0.1, 0.15) is 5.75 Å². The molecule has 0 unspecified atom stereocenters. The van der Waals surface area contributed by atoms with E-state index in [0.29, 0.717) is 10.0 Å². The summed E-state index contributed by atoms with van der Waals surface area (Å²) < 4.78 is 0.868. The minimum atomic E-state index is 0.240. The third-order valence-corrected chi connectivity index (χ3v) is 6.35. The monoisotopic (exact) mass is 464 g/mol. The maximum absolute atomic E-state index is 9.53. The molecule has 0 aliphatic rings. The average molecular weight is 466 g/mol. The van der Waals surface area contributed by atoms with Gasteiger partial charge < -0.3 is 5.11 Å². The Morgan fingerprint density at radius 1 is 0.923 bits per heavy atom. The molecule has 0 saturated heterocycles. The summed E-state index contributed by atoms with van der Waals surface area (Å²) in [5.74, 6) is 0.972. The minimum Gasteiger partial charge on any atom is -0.508 e. The highest BCUT2D eigenvalue weighted by Gasteiger charge is 2.12. The van der Waals surface area contributed by atoms with Crippen LogP contribution in [-0.4, -0.2) is 10.9 Å². The molecule has 0 amide bonds. The number of hydrogen-bond acceptors (Lipinski definition) is 2. The maximum Gasteiger partial charge on any atom is 0.116 e. The molecule has 0 heterocycles. The van der Waals surface area contributed by atoms with Crippen LogP contribution in [0.4, 0.5) is 0 Å². The zero-order valence-electron chi connectivity index (χ0n) is 13.6. The van der Waals surface area contributed by atoms with E-state index in [1.165, 1.54) is 0 Å². The van der Waals surface area contributed by atoms with Gasteiger partial charge in [-0.2, -0.15) is 0 Å². The molecule has 3 aromatic carbocycles. The summed E-state index contributed by atoms with van der Waals surface area (Å²) in [6.45, 7) is 0. The zero-order chi connectivity index (χ0) is 18.5. The van der Waals surface area contributed by atoms with E-state index in [0.717, 1.165) is 31.8 Å². The third kappa shape index (κ3) is 4.66. The van der Waals surface area contributed by atoms with E-state index >= 15 is 0 Å². The Bertz CT molecular complexity index is 909. The number of rotatable bonds is 5. The first-order valence-electron chi connectivity index (χ1n) is 7.87. The summed E-state index contributed by atoms with van der Waals surface area (Å²) in [6, 6.07) is 20.8. The smallest absolute Gasteiger partial charge is 0.116 e. The second-order valence-electron chi connectivity index (χ2n) is 5.50. The molecule has 0 aromatic heterocycles. The van der Waals surface area contributed by atoms with Gasteiger partial charge in [-0.1, -0.05) is 65.7 Å². The number of phenols is 1. The molecule has 26 heavy (non-hydrogen) atoms. The predicted molar refractivity (Wildman–Crippen MR) is 117 cm³/mol. The fourth-order valence-corrected chi connectivity index (χ4v) is 4.52. The van der Waals surface area contributed by atoms with E-state index < -0.39 is 0 Å². The van der Waals surface area contributed by atoms with Gasteiger partial charge >= 0.3 is 0 Å². The molecule has 0 radical (unpaired) electrons. The number of thioether (sulfide) groups is 1. The number of hydrogen-bond donors (Lipinski definition) is 1. The minimum absolute atomic E-state index is 0.240.